The average Bonchev–Trinajstić information content (AvgIpc) is 2.85. The molecule has 0 radical (unpaired) electrons. The molecule has 0 bridgehead atoms. The highest BCUT2D eigenvalue weighted by Gasteiger charge is 2.26. The van der Waals surface area contributed by atoms with E-state index in [-0.39, 0.29) is 12.3 Å². The number of carbonyl (C=O) groups is 3. The first-order valence-electron chi connectivity index (χ1n) is 14.6. The topological polar surface area (TPSA) is 182 Å². The van der Waals surface area contributed by atoms with E-state index in [1.165, 1.54) is 0 Å². The maximum Gasteiger partial charge on any atom is 0.329 e. The van der Waals surface area contributed by atoms with Crippen molar-refractivity contribution in [3.63, 3.8) is 0 Å². The van der Waals surface area contributed by atoms with Crippen molar-refractivity contribution in [2.45, 2.75) is 111 Å². The molecule has 0 aromatic heterocycles. The lowest BCUT2D eigenvalue weighted by Gasteiger charge is -2.24. The van der Waals surface area contributed by atoms with Gasteiger partial charge < -0.3 is 26.6 Å². The summed E-state index contributed by atoms with van der Waals surface area (Å²) in [6, 6.07) is 5.92. The first-order chi connectivity index (χ1) is 19.7. The number of hydrogen-bond donors (Lipinski definition) is 4. The van der Waals surface area contributed by atoms with Gasteiger partial charge in [0.15, 0.2) is 0 Å². The van der Waals surface area contributed by atoms with Crippen molar-refractivity contribution >= 4 is 35.2 Å². The monoisotopic (exact) mass is 586 g/mol. The van der Waals surface area contributed by atoms with Crippen LogP contribution in [0.25, 0.3) is 0 Å². The Morgan fingerprint density at radius 3 is 1.98 bits per heavy atom. The van der Waals surface area contributed by atoms with Gasteiger partial charge in [-0.2, -0.15) is 0 Å². The standard InChI is InChI=1S/C31H50N6O5/c1-21(36-26(29(39)40)14-7-9-16-34-22(2)32)18-24-12-11-13-25(19-24)20-28(38)37-27(30(41)42-31(4,5)6)15-8-10-17-35-23(3)33/h11-13,19,26-27H,7-10,14-18,20H2,1-6H3,(H2,32,34)(H2,33,35)(H,37,38)(H,39,40). The number of nitrogens with two attached hydrogens (primary N) is 2. The molecule has 0 aliphatic carbocycles. The molecule has 11 nitrogen and oxygen atoms in total. The number of aliphatic carboxylic acids is 1. The SMILES string of the molecule is CC(N)=NCCCCC(N=C(C)Cc1cccc(CC(=O)NC(CCCCN=C(C)N)C(=O)OC(C)(C)C)c1)C(=O)O. The molecule has 0 saturated heterocycles. The van der Waals surface area contributed by atoms with Crippen LogP contribution < -0.4 is 16.8 Å². The summed E-state index contributed by atoms with van der Waals surface area (Å²) >= 11 is 0. The summed E-state index contributed by atoms with van der Waals surface area (Å²) in [7, 11) is 0. The minimum atomic E-state index is -0.958. The third-order valence-electron chi connectivity index (χ3n) is 6.01. The highest BCUT2D eigenvalue weighted by atomic mass is 16.6. The molecule has 0 aliphatic heterocycles. The van der Waals surface area contributed by atoms with Gasteiger partial charge in [0.1, 0.15) is 17.7 Å². The van der Waals surface area contributed by atoms with Gasteiger partial charge in [0.2, 0.25) is 5.91 Å². The number of unbranched alkanes of at least 4 members (excludes halogenated alkanes) is 2. The van der Waals surface area contributed by atoms with Crippen LogP contribution >= 0.6 is 0 Å². The Morgan fingerprint density at radius 1 is 0.905 bits per heavy atom. The van der Waals surface area contributed by atoms with Crippen LogP contribution in [-0.4, -0.2) is 71.1 Å². The molecule has 42 heavy (non-hydrogen) atoms. The first kappa shape index (κ1) is 36.3. The van der Waals surface area contributed by atoms with Crippen LogP contribution in [0, 0.1) is 0 Å². The highest BCUT2D eigenvalue weighted by Crippen LogP contribution is 2.14. The summed E-state index contributed by atoms with van der Waals surface area (Å²) in [6.45, 7) is 11.8. The molecule has 2 atom stereocenters. The van der Waals surface area contributed by atoms with E-state index in [1.54, 1.807) is 34.6 Å². The van der Waals surface area contributed by atoms with E-state index in [4.69, 9.17) is 16.2 Å². The number of esters is 1. The van der Waals surface area contributed by atoms with Crippen LogP contribution in [0.5, 0.6) is 0 Å². The summed E-state index contributed by atoms with van der Waals surface area (Å²) in [6.07, 6.45) is 4.23. The van der Waals surface area contributed by atoms with Crippen molar-refractivity contribution < 1.29 is 24.2 Å². The molecule has 1 aromatic rings. The van der Waals surface area contributed by atoms with Gasteiger partial charge in [0, 0.05) is 25.2 Å². The van der Waals surface area contributed by atoms with Gasteiger partial charge in [0.05, 0.1) is 18.1 Å². The van der Waals surface area contributed by atoms with E-state index in [9.17, 15) is 19.5 Å². The lowest BCUT2D eigenvalue weighted by atomic mass is 10.0. The van der Waals surface area contributed by atoms with E-state index in [1.807, 2.05) is 31.2 Å². The smallest absolute Gasteiger partial charge is 0.329 e. The average molecular weight is 587 g/mol. The van der Waals surface area contributed by atoms with Crippen LogP contribution in [0.4, 0.5) is 0 Å². The predicted molar refractivity (Wildman–Crippen MR) is 168 cm³/mol. The molecule has 0 fully saturated rings. The van der Waals surface area contributed by atoms with Crippen LogP contribution in [0.2, 0.25) is 0 Å². The van der Waals surface area contributed by atoms with Crippen LogP contribution in [0.15, 0.2) is 39.2 Å². The predicted octanol–water partition coefficient (Wildman–Crippen LogP) is 3.61. The summed E-state index contributed by atoms with van der Waals surface area (Å²) < 4.78 is 5.54. The Labute approximate surface area is 250 Å². The Kier molecular flexibility index (Phi) is 16.1. The van der Waals surface area contributed by atoms with E-state index in [2.05, 4.69) is 20.3 Å². The van der Waals surface area contributed by atoms with Crippen molar-refractivity contribution in [1.29, 1.82) is 0 Å². The van der Waals surface area contributed by atoms with Gasteiger partial charge >= 0.3 is 11.9 Å². The second-order valence-electron chi connectivity index (χ2n) is 11.6. The zero-order chi connectivity index (χ0) is 31.7. The Morgan fingerprint density at radius 2 is 1.45 bits per heavy atom. The molecule has 6 N–H and O–H groups in total. The van der Waals surface area contributed by atoms with Crippen LogP contribution in [-0.2, 0) is 32.0 Å². The maximum absolute atomic E-state index is 12.9. The third kappa shape index (κ3) is 17.1. The lowest BCUT2D eigenvalue weighted by Crippen LogP contribution is -2.44. The summed E-state index contributed by atoms with van der Waals surface area (Å²) in [5.74, 6) is -0.687. The number of carbonyl (C=O) groups excluding carboxylic acids is 2. The molecule has 1 amide bonds. The van der Waals surface area contributed by atoms with E-state index < -0.39 is 29.6 Å². The summed E-state index contributed by atoms with van der Waals surface area (Å²) in [4.78, 5) is 50.2. The highest BCUT2D eigenvalue weighted by molar-refractivity contribution is 5.88. The number of benzene rings is 1. The minimum absolute atomic E-state index is 0.0858. The molecule has 0 aliphatic rings. The Hall–Kier alpha value is -3.76. The number of carboxylic acids is 1. The van der Waals surface area contributed by atoms with Gasteiger partial charge in [-0.1, -0.05) is 24.3 Å². The first-order valence-corrected chi connectivity index (χ1v) is 14.6. The number of ether oxygens (including phenoxy) is 1. The van der Waals surface area contributed by atoms with E-state index in [0.717, 1.165) is 24.0 Å². The van der Waals surface area contributed by atoms with Crippen LogP contribution in [0.3, 0.4) is 0 Å². The molecule has 234 valence electrons. The number of nitrogens with one attached hydrogen (secondary N) is 1. The van der Waals surface area contributed by atoms with Crippen molar-refractivity contribution in [2.75, 3.05) is 13.1 Å². The van der Waals surface area contributed by atoms with Gasteiger partial charge in [0.25, 0.3) is 0 Å². The molecule has 2 unspecified atom stereocenters. The summed E-state index contributed by atoms with van der Waals surface area (Å²) in [5, 5.41) is 12.5. The van der Waals surface area contributed by atoms with E-state index in [0.29, 0.717) is 62.6 Å². The quantitative estimate of drug-likeness (QED) is 0.0877. The molecule has 0 saturated carbocycles. The van der Waals surface area contributed by atoms with Gasteiger partial charge in [-0.3, -0.25) is 19.8 Å². The normalized spacial score (nSPS) is 14.3. The third-order valence-corrected chi connectivity index (χ3v) is 6.01. The van der Waals surface area contributed by atoms with E-state index >= 15 is 0 Å². The molecule has 0 heterocycles. The number of aliphatic imine (C=N–C) groups is 3. The summed E-state index contributed by atoms with van der Waals surface area (Å²) in [5.41, 5.74) is 12.8. The van der Waals surface area contributed by atoms with Crippen molar-refractivity contribution in [3.05, 3.63) is 35.4 Å². The van der Waals surface area contributed by atoms with Crippen molar-refractivity contribution in [2.24, 2.45) is 26.4 Å². The molecule has 1 rings (SSSR count). The minimum Gasteiger partial charge on any atom is -0.480 e. The fourth-order valence-corrected chi connectivity index (χ4v) is 4.17. The Bertz CT molecular complexity index is 1120. The fraction of sp³-hybridized carbons (Fsp3) is 0.613. The fourth-order valence-electron chi connectivity index (χ4n) is 4.17. The molecular weight excluding hydrogens is 536 g/mol. The molecule has 1 aromatic carbocycles. The van der Waals surface area contributed by atoms with Gasteiger partial charge in [-0.15, -0.1) is 0 Å². The number of hydrogen-bond acceptors (Lipinski definition) is 7. The van der Waals surface area contributed by atoms with Gasteiger partial charge in [-0.05, 0) is 91.2 Å². The maximum atomic E-state index is 12.9. The molecular formula is C31H50N6O5. The number of carboxylic acid groups (broad SMARTS) is 1. The van der Waals surface area contributed by atoms with Crippen molar-refractivity contribution in [1.82, 2.24) is 5.32 Å². The number of nitrogens with zero attached hydrogens (tertiary/aromatic N) is 3. The number of rotatable bonds is 18. The number of amides is 1. The zero-order valence-electron chi connectivity index (χ0n) is 26.1. The second-order valence-corrected chi connectivity index (χ2v) is 11.6. The number of amidine groups is 2. The Balaban J connectivity index is 2.81. The largest absolute Gasteiger partial charge is 0.480 e. The van der Waals surface area contributed by atoms with Crippen molar-refractivity contribution in [3.8, 4) is 0 Å². The lowest BCUT2D eigenvalue weighted by molar-refractivity contribution is -0.158. The second kappa shape index (κ2) is 18.6. The van der Waals surface area contributed by atoms with Crippen LogP contribution in [0.1, 0.15) is 91.2 Å². The molecule has 0 spiro atoms. The van der Waals surface area contributed by atoms with Gasteiger partial charge in [-0.25, -0.2) is 9.59 Å². The molecule has 11 heteroatoms. The zero-order valence-corrected chi connectivity index (χ0v) is 26.1.